The third-order valence-corrected chi connectivity index (χ3v) is 6.07. The Labute approximate surface area is 130 Å². The first kappa shape index (κ1) is 17.7. The predicted molar refractivity (Wildman–Crippen MR) is 81.7 cm³/mol. The van der Waals surface area contributed by atoms with Crippen molar-refractivity contribution in [2.24, 2.45) is 0 Å². The molecule has 0 aliphatic rings. The second kappa shape index (κ2) is 7.09. The fraction of sp³-hybridized carbons (Fsp3) is 0.538. The molecule has 7 heteroatoms. The maximum atomic E-state index is 12.6. The Hall–Kier alpha value is -0.330. The van der Waals surface area contributed by atoms with Gasteiger partial charge in [0.25, 0.3) is 0 Å². The van der Waals surface area contributed by atoms with Crippen LogP contribution in [0.15, 0.2) is 17.0 Å². The number of hydrogen-bond donors (Lipinski definition) is 1. The average Bonchev–Trinajstić information content (AvgIpc) is 2.41. The summed E-state index contributed by atoms with van der Waals surface area (Å²) >= 11 is 12.0. The molecule has 0 atom stereocenters. The van der Waals surface area contributed by atoms with Crippen molar-refractivity contribution in [3.05, 3.63) is 27.7 Å². The zero-order chi connectivity index (χ0) is 15.5. The van der Waals surface area contributed by atoms with Crippen LogP contribution in [0.5, 0.6) is 0 Å². The normalized spacial score (nSPS) is 12.4. The van der Waals surface area contributed by atoms with Crippen LogP contribution in [0.3, 0.4) is 0 Å². The van der Waals surface area contributed by atoms with Crippen molar-refractivity contribution in [1.82, 2.24) is 4.31 Å². The van der Waals surface area contributed by atoms with Crippen LogP contribution in [0.25, 0.3) is 0 Å². The van der Waals surface area contributed by atoms with Crippen LogP contribution in [0.1, 0.15) is 32.3 Å². The number of benzene rings is 1. The van der Waals surface area contributed by atoms with E-state index < -0.39 is 10.0 Å². The molecule has 0 unspecified atom stereocenters. The highest BCUT2D eigenvalue weighted by Gasteiger charge is 2.29. The Morgan fingerprint density at radius 1 is 1.25 bits per heavy atom. The van der Waals surface area contributed by atoms with Crippen molar-refractivity contribution >= 4 is 33.2 Å². The van der Waals surface area contributed by atoms with Crippen LogP contribution in [-0.4, -0.2) is 30.9 Å². The van der Waals surface area contributed by atoms with Crippen LogP contribution < -0.4 is 0 Å². The van der Waals surface area contributed by atoms with Gasteiger partial charge in [0.05, 0.1) is 11.6 Å². The molecule has 0 aromatic heterocycles. The highest BCUT2D eigenvalue weighted by molar-refractivity contribution is 7.89. The smallest absolute Gasteiger partial charge is 0.244 e. The van der Waals surface area contributed by atoms with E-state index in [0.717, 1.165) is 0 Å². The van der Waals surface area contributed by atoms with Gasteiger partial charge in [0.2, 0.25) is 10.0 Å². The van der Waals surface area contributed by atoms with E-state index in [0.29, 0.717) is 18.4 Å². The van der Waals surface area contributed by atoms with Gasteiger partial charge in [-0.15, -0.1) is 0 Å². The van der Waals surface area contributed by atoms with E-state index in [2.05, 4.69) is 0 Å². The molecule has 1 aromatic rings. The summed E-state index contributed by atoms with van der Waals surface area (Å²) in [6.45, 7) is 3.49. The maximum Gasteiger partial charge on any atom is 0.244 e. The molecule has 0 saturated carbocycles. The highest BCUT2D eigenvalue weighted by atomic mass is 35.5. The lowest BCUT2D eigenvalue weighted by Gasteiger charge is -2.26. The van der Waals surface area contributed by atoms with Crippen LogP contribution in [0.4, 0.5) is 0 Å². The highest BCUT2D eigenvalue weighted by Crippen LogP contribution is 2.32. The summed E-state index contributed by atoms with van der Waals surface area (Å²) in [5.41, 5.74) is 0.302. The van der Waals surface area contributed by atoms with E-state index in [-0.39, 0.29) is 27.6 Å². The van der Waals surface area contributed by atoms with Gasteiger partial charge >= 0.3 is 0 Å². The molecule has 0 aliphatic carbocycles. The number of aliphatic hydroxyl groups is 1. The van der Waals surface area contributed by atoms with Crippen molar-refractivity contribution in [2.45, 2.75) is 44.2 Å². The van der Waals surface area contributed by atoms with E-state index in [1.807, 2.05) is 13.8 Å². The predicted octanol–water partition coefficient (Wildman–Crippen LogP) is 3.29. The molecule has 0 fully saturated rings. The lowest BCUT2D eigenvalue weighted by atomic mass is 10.2. The maximum absolute atomic E-state index is 12.6. The molecule has 0 amide bonds. The van der Waals surface area contributed by atoms with E-state index >= 15 is 0 Å². The zero-order valence-corrected chi connectivity index (χ0v) is 14.1. The number of rotatable bonds is 6. The minimum atomic E-state index is -3.74. The zero-order valence-electron chi connectivity index (χ0n) is 11.7. The van der Waals surface area contributed by atoms with Gasteiger partial charge in [-0.3, -0.25) is 0 Å². The summed E-state index contributed by atoms with van der Waals surface area (Å²) in [6, 6.07) is 2.67. The fourth-order valence-corrected chi connectivity index (χ4v) is 4.48. The molecular weight excluding hydrogens is 321 g/mol. The first-order valence-corrected chi connectivity index (χ1v) is 8.55. The second-order valence-electron chi connectivity index (χ2n) is 4.53. The quantitative estimate of drug-likeness (QED) is 0.864. The van der Waals surface area contributed by atoms with Gasteiger partial charge in [0, 0.05) is 18.1 Å². The van der Waals surface area contributed by atoms with Gasteiger partial charge < -0.3 is 5.11 Å². The summed E-state index contributed by atoms with van der Waals surface area (Å²) in [5, 5.41) is 9.48. The van der Waals surface area contributed by atoms with Gasteiger partial charge in [-0.25, -0.2) is 8.42 Å². The number of aliphatic hydroxyl groups excluding tert-OH is 1. The molecule has 0 aliphatic heterocycles. The molecule has 0 radical (unpaired) electrons. The van der Waals surface area contributed by atoms with E-state index in [1.54, 1.807) is 0 Å². The van der Waals surface area contributed by atoms with Crippen LogP contribution in [0, 0.1) is 0 Å². The van der Waals surface area contributed by atoms with Gasteiger partial charge in [-0.1, -0.05) is 37.0 Å². The SMILES string of the molecule is CCC(CC)N(C)S(=O)(=O)c1cc(Cl)cc(CO)c1Cl. The summed E-state index contributed by atoms with van der Waals surface area (Å²) in [5.74, 6) is 0. The summed E-state index contributed by atoms with van der Waals surface area (Å²) < 4.78 is 26.6. The topological polar surface area (TPSA) is 57.6 Å². The number of hydrogen-bond acceptors (Lipinski definition) is 3. The lowest BCUT2D eigenvalue weighted by molar-refractivity contribution is 0.281. The molecule has 0 heterocycles. The summed E-state index contributed by atoms with van der Waals surface area (Å²) in [4.78, 5) is -0.0647. The monoisotopic (exact) mass is 339 g/mol. The Balaban J connectivity index is 3.39. The number of nitrogens with zero attached hydrogens (tertiary/aromatic N) is 1. The first-order chi connectivity index (χ1) is 9.29. The van der Waals surface area contributed by atoms with Crippen molar-refractivity contribution in [3.63, 3.8) is 0 Å². The third-order valence-electron chi connectivity index (χ3n) is 3.36. The molecule has 4 nitrogen and oxygen atoms in total. The molecule has 1 rings (SSSR count). The van der Waals surface area contributed by atoms with Crippen LogP contribution in [-0.2, 0) is 16.6 Å². The Kier molecular flexibility index (Phi) is 6.28. The second-order valence-corrected chi connectivity index (χ2v) is 7.31. The van der Waals surface area contributed by atoms with Gasteiger partial charge in [0.1, 0.15) is 4.90 Å². The van der Waals surface area contributed by atoms with E-state index in [4.69, 9.17) is 23.2 Å². The summed E-state index contributed by atoms with van der Waals surface area (Å²) in [7, 11) is -2.21. The molecular formula is C13H19Cl2NO3S. The fourth-order valence-electron chi connectivity index (χ4n) is 2.08. The van der Waals surface area contributed by atoms with Crippen molar-refractivity contribution < 1.29 is 13.5 Å². The Bertz CT molecular complexity index is 571. The van der Waals surface area contributed by atoms with E-state index in [9.17, 15) is 13.5 Å². The Morgan fingerprint density at radius 2 is 1.80 bits per heavy atom. The summed E-state index contributed by atoms with van der Waals surface area (Å²) in [6.07, 6.45) is 1.41. The standard InChI is InChI=1S/C13H19Cl2NO3S/c1-4-11(5-2)16(3)20(18,19)12-7-10(14)6-9(8-17)13(12)15/h6-7,11,17H,4-5,8H2,1-3H3. The molecule has 0 saturated heterocycles. The lowest BCUT2D eigenvalue weighted by Crippen LogP contribution is -2.36. The molecule has 20 heavy (non-hydrogen) atoms. The molecule has 1 N–H and O–H groups in total. The molecule has 0 bridgehead atoms. The van der Waals surface area contributed by atoms with Gasteiger partial charge in [-0.2, -0.15) is 4.31 Å². The number of halogens is 2. The largest absolute Gasteiger partial charge is 0.392 e. The minimum absolute atomic E-state index is 0.0229. The van der Waals surface area contributed by atoms with Crippen LogP contribution >= 0.6 is 23.2 Å². The van der Waals surface area contributed by atoms with Crippen molar-refractivity contribution in [3.8, 4) is 0 Å². The third kappa shape index (κ3) is 3.46. The minimum Gasteiger partial charge on any atom is -0.392 e. The average molecular weight is 340 g/mol. The van der Waals surface area contributed by atoms with Crippen LogP contribution in [0.2, 0.25) is 10.0 Å². The van der Waals surface area contributed by atoms with Gasteiger partial charge in [-0.05, 0) is 30.5 Å². The van der Waals surface area contributed by atoms with Gasteiger partial charge in [0.15, 0.2) is 0 Å². The van der Waals surface area contributed by atoms with E-state index in [1.165, 1.54) is 23.5 Å². The molecule has 1 aromatic carbocycles. The molecule has 0 spiro atoms. The number of sulfonamides is 1. The van der Waals surface area contributed by atoms with Crippen molar-refractivity contribution in [2.75, 3.05) is 7.05 Å². The molecule has 114 valence electrons. The first-order valence-electron chi connectivity index (χ1n) is 6.36. The Morgan fingerprint density at radius 3 is 2.25 bits per heavy atom. The van der Waals surface area contributed by atoms with Crippen molar-refractivity contribution in [1.29, 1.82) is 0 Å².